The zero-order chi connectivity index (χ0) is 17.7. The first-order chi connectivity index (χ1) is 11.8. The Hall–Kier alpha value is -0.460. The standard InChI is InChI=1S/C23H47N/c1-4-5-6-7-8-9-10-11-12-13-14-15-16-17-18-19-20-21-22-23-24(2)3/h22-23H,4-21H2,1-3H3/b23-22+. The van der Waals surface area contributed by atoms with Crippen LogP contribution < -0.4 is 0 Å². The molecule has 1 heteroatoms. The van der Waals surface area contributed by atoms with Gasteiger partial charge in [0.1, 0.15) is 0 Å². The summed E-state index contributed by atoms with van der Waals surface area (Å²) in [7, 11) is 4.18. The zero-order valence-corrected chi connectivity index (χ0v) is 17.3. The van der Waals surface area contributed by atoms with Crippen LogP contribution in [0.1, 0.15) is 122 Å². The predicted octanol–water partition coefficient (Wildman–Crippen LogP) is 8.10. The molecule has 0 saturated carbocycles. The van der Waals surface area contributed by atoms with Crippen molar-refractivity contribution in [3.63, 3.8) is 0 Å². The SMILES string of the molecule is CCCCCCCCCCCCCCCCCCC/C=C/N(C)C. The molecule has 0 aliphatic heterocycles. The summed E-state index contributed by atoms with van der Waals surface area (Å²) in [5.41, 5.74) is 0. The first-order valence-corrected chi connectivity index (χ1v) is 11.1. The molecule has 0 heterocycles. The highest BCUT2D eigenvalue weighted by Gasteiger charge is 1.94. The van der Waals surface area contributed by atoms with Gasteiger partial charge < -0.3 is 4.90 Å². The normalized spacial score (nSPS) is 11.5. The molecule has 1 nitrogen and oxygen atoms in total. The second-order valence-electron chi connectivity index (χ2n) is 7.79. The number of allylic oxidation sites excluding steroid dienone is 1. The molecule has 0 aliphatic rings. The molecule has 24 heavy (non-hydrogen) atoms. The third-order valence-electron chi connectivity index (χ3n) is 4.88. The fourth-order valence-corrected chi connectivity index (χ4v) is 3.27. The lowest BCUT2D eigenvalue weighted by molar-refractivity contribution is 0.527. The van der Waals surface area contributed by atoms with Crippen LogP contribution in [0.4, 0.5) is 0 Å². The van der Waals surface area contributed by atoms with Gasteiger partial charge in [0.25, 0.3) is 0 Å². The van der Waals surface area contributed by atoms with Crippen molar-refractivity contribution >= 4 is 0 Å². The predicted molar refractivity (Wildman–Crippen MR) is 112 cm³/mol. The highest BCUT2D eigenvalue weighted by molar-refractivity contribution is 4.78. The molecular weight excluding hydrogens is 290 g/mol. The van der Waals surface area contributed by atoms with Crippen LogP contribution in [0.2, 0.25) is 0 Å². The molecule has 0 aromatic carbocycles. The average Bonchev–Trinajstić information content (AvgIpc) is 2.56. The summed E-state index contributed by atoms with van der Waals surface area (Å²) < 4.78 is 0. The molecule has 0 N–H and O–H groups in total. The van der Waals surface area contributed by atoms with Gasteiger partial charge in [0.05, 0.1) is 0 Å². The van der Waals surface area contributed by atoms with E-state index in [1.165, 1.54) is 116 Å². The van der Waals surface area contributed by atoms with Crippen LogP contribution in [0.3, 0.4) is 0 Å². The third-order valence-corrected chi connectivity index (χ3v) is 4.88. The van der Waals surface area contributed by atoms with E-state index in [1.807, 2.05) is 0 Å². The zero-order valence-electron chi connectivity index (χ0n) is 17.3. The highest BCUT2D eigenvalue weighted by Crippen LogP contribution is 2.14. The monoisotopic (exact) mass is 337 g/mol. The summed E-state index contributed by atoms with van der Waals surface area (Å²) in [6, 6.07) is 0. The molecule has 0 spiro atoms. The first-order valence-electron chi connectivity index (χ1n) is 11.1. The Balaban J connectivity index is 3.00. The van der Waals surface area contributed by atoms with Gasteiger partial charge in [0.2, 0.25) is 0 Å². The lowest BCUT2D eigenvalue weighted by atomic mass is 10.0. The highest BCUT2D eigenvalue weighted by atomic mass is 15.0. The Bertz CT molecular complexity index is 244. The van der Waals surface area contributed by atoms with E-state index < -0.39 is 0 Å². The number of rotatable bonds is 19. The van der Waals surface area contributed by atoms with Crippen LogP contribution in [0.25, 0.3) is 0 Å². The average molecular weight is 338 g/mol. The van der Waals surface area contributed by atoms with Crippen molar-refractivity contribution in [2.75, 3.05) is 14.1 Å². The molecule has 0 unspecified atom stereocenters. The van der Waals surface area contributed by atoms with Crippen LogP contribution in [0, 0.1) is 0 Å². The second-order valence-corrected chi connectivity index (χ2v) is 7.79. The molecule has 0 amide bonds. The van der Waals surface area contributed by atoms with E-state index >= 15 is 0 Å². The Morgan fingerprint density at radius 1 is 0.500 bits per heavy atom. The van der Waals surface area contributed by atoms with Crippen LogP contribution in [0.15, 0.2) is 12.3 Å². The Morgan fingerprint density at radius 3 is 1.17 bits per heavy atom. The lowest BCUT2D eigenvalue weighted by Gasteiger charge is -2.04. The van der Waals surface area contributed by atoms with Gasteiger partial charge in [-0.05, 0) is 19.0 Å². The van der Waals surface area contributed by atoms with E-state index in [0.29, 0.717) is 0 Å². The molecule has 0 saturated heterocycles. The van der Waals surface area contributed by atoms with Crippen LogP contribution in [0.5, 0.6) is 0 Å². The van der Waals surface area contributed by atoms with Crippen molar-refractivity contribution < 1.29 is 0 Å². The molecule has 0 rings (SSSR count). The minimum atomic E-state index is 1.25. The van der Waals surface area contributed by atoms with Crippen molar-refractivity contribution in [2.24, 2.45) is 0 Å². The van der Waals surface area contributed by atoms with Crippen molar-refractivity contribution in [1.82, 2.24) is 4.90 Å². The van der Waals surface area contributed by atoms with E-state index in [2.05, 4.69) is 38.2 Å². The summed E-state index contributed by atoms with van der Waals surface area (Å²) >= 11 is 0. The summed E-state index contributed by atoms with van der Waals surface area (Å²) in [6.45, 7) is 2.30. The molecule has 144 valence electrons. The minimum absolute atomic E-state index is 1.25. The summed E-state index contributed by atoms with van der Waals surface area (Å²) in [6.07, 6.45) is 30.4. The maximum atomic E-state index is 2.30. The molecule has 0 bridgehead atoms. The van der Waals surface area contributed by atoms with E-state index in [0.717, 1.165) is 0 Å². The Labute approximate surface area is 154 Å². The largest absolute Gasteiger partial charge is 0.384 e. The van der Waals surface area contributed by atoms with Crippen LogP contribution >= 0.6 is 0 Å². The van der Waals surface area contributed by atoms with E-state index in [9.17, 15) is 0 Å². The molecule has 0 fully saturated rings. The minimum Gasteiger partial charge on any atom is -0.384 e. The fourth-order valence-electron chi connectivity index (χ4n) is 3.27. The molecular formula is C23H47N. The van der Waals surface area contributed by atoms with Gasteiger partial charge in [0.15, 0.2) is 0 Å². The molecule has 0 aromatic heterocycles. The Morgan fingerprint density at radius 2 is 0.833 bits per heavy atom. The fraction of sp³-hybridized carbons (Fsp3) is 0.913. The van der Waals surface area contributed by atoms with Crippen LogP contribution in [-0.4, -0.2) is 19.0 Å². The number of unbranched alkanes of at least 4 members (excludes halogenated alkanes) is 17. The molecule has 0 aromatic rings. The summed E-state index contributed by atoms with van der Waals surface area (Å²) in [5, 5.41) is 0. The van der Waals surface area contributed by atoms with E-state index in [-0.39, 0.29) is 0 Å². The van der Waals surface area contributed by atoms with E-state index in [4.69, 9.17) is 0 Å². The van der Waals surface area contributed by atoms with Gasteiger partial charge in [-0.3, -0.25) is 0 Å². The van der Waals surface area contributed by atoms with Gasteiger partial charge in [-0.25, -0.2) is 0 Å². The maximum Gasteiger partial charge on any atom is 0.00555 e. The molecule has 0 radical (unpaired) electrons. The van der Waals surface area contributed by atoms with Gasteiger partial charge in [-0.15, -0.1) is 0 Å². The molecule has 0 atom stereocenters. The van der Waals surface area contributed by atoms with Crippen molar-refractivity contribution in [1.29, 1.82) is 0 Å². The van der Waals surface area contributed by atoms with Gasteiger partial charge in [0, 0.05) is 14.1 Å². The quantitative estimate of drug-likeness (QED) is 0.215. The number of nitrogens with zero attached hydrogens (tertiary/aromatic N) is 1. The van der Waals surface area contributed by atoms with Crippen molar-refractivity contribution in [2.45, 2.75) is 122 Å². The Kier molecular flexibility index (Phi) is 20.2. The van der Waals surface area contributed by atoms with Crippen molar-refractivity contribution in [3.05, 3.63) is 12.3 Å². The van der Waals surface area contributed by atoms with E-state index in [1.54, 1.807) is 0 Å². The van der Waals surface area contributed by atoms with Gasteiger partial charge in [-0.1, -0.05) is 116 Å². The summed E-state index contributed by atoms with van der Waals surface area (Å²) in [5.74, 6) is 0. The maximum absolute atomic E-state index is 2.30. The topological polar surface area (TPSA) is 3.24 Å². The van der Waals surface area contributed by atoms with Crippen molar-refractivity contribution in [3.8, 4) is 0 Å². The van der Waals surface area contributed by atoms with Gasteiger partial charge in [-0.2, -0.15) is 0 Å². The number of hydrogen-bond acceptors (Lipinski definition) is 1. The first kappa shape index (κ1) is 23.5. The second kappa shape index (κ2) is 20.6. The van der Waals surface area contributed by atoms with Crippen LogP contribution in [-0.2, 0) is 0 Å². The molecule has 0 aliphatic carbocycles. The lowest BCUT2D eigenvalue weighted by Crippen LogP contribution is -1.99. The smallest absolute Gasteiger partial charge is 0.00555 e. The van der Waals surface area contributed by atoms with Gasteiger partial charge >= 0.3 is 0 Å². The third kappa shape index (κ3) is 21.5. The number of hydrogen-bond donors (Lipinski definition) is 0. The summed E-state index contributed by atoms with van der Waals surface area (Å²) in [4.78, 5) is 2.12.